The number of sulfone groups is 1. The molecule has 0 bridgehead atoms. The largest absolute Gasteiger partial charge is 0.398 e. The number of rotatable bonds is 5. The molecule has 0 heterocycles. The summed E-state index contributed by atoms with van der Waals surface area (Å²) in [4.78, 5) is 11.8. The van der Waals surface area contributed by atoms with E-state index in [1.165, 1.54) is 12.1 Å². The van der Waals surface area contributed by atoms with E-state index in [1.807, 2.05) is 0 Å². The summed E-state index contributed by atoms with van der Waals surface area (Å²) in [6, 6.07) is 4.54. The Morgan fingerprint density at radius 2 is 2.00 bits per heavy atom. The second-order valence-corrected chi connectivity index (χ2v) is 7.41. The third-order valence-corrected chi connectivity index (χ3v) is 5.19. The van der Waals surface area contributed by atoms with Gasteiger partial charge in [0.1, 0.15) is 0 Å². The predicted octanol–water partition coefficient (Wildman–Crippen LogP) is 2.32. The van der Waals surface area contributed by atoms with Gasteiger partial charge in [-0.25, -0.2) is 8.42 Å². The minimum absolute atomic E-state index is 0.0409. The van der Waals surface area contributed by atoms with Crippen molar-refractivity contribution in [1.82, 2.24) is 0 Å². The van der Waals surface area contributed by atoms with Gasteiger partial charge in [0.2, 0.25) is 0 Å². The van der Waals surface area contributed by atoms with Crippen molar-refractivity contribution < 1.29 is 13.2 Å². The maximum Gasteiger partial charge on any atom is 0.163 e. The highest BCUT2D eigenvalue weighted by Gasteiger charge is 2.18. The van der Waals surface area contributed by atoms with Gasteiger partial charge in [0, 0.05) is 12.0 Å². The summed E-state index contributed by atoms with van der Waals surface area (Å²) >= 11 is 5.80. The molecule has 0 aromatic heterocycles. The molecule has 4 nitrogen and oxygen atoms in total. The van der Waals surface area contributed by atoms with E-state index in [4.69, 9.17) is 17.3 Å². The molecule has 18 heavy (non-hydrogen) atoms. The molecule has 0 saturated heterocycles. The highest BCUT2D eigenvalue weighted by molar-refractivity contribution is 7.91. The van der Waals surface area contributed by atoms with Crippen LogP contribution < -0.4 is 5.73 Å². The predicted molar refractivity (Wildman–Crippen MR) is 73.7 cm³/mol. The third-order valence-electron chi connectivity index (χ3n) is 2.65. The number of nitrogens with two attached hydrogens (primary N) is 1. The van der Waals surface area contributed by atoms with E-state index in [9.17, 15) is 13.2 Å². The van der Waals surface area contributed by atoms with Crippen LogP contribution in [0.3, 0.4) is 0 Å². The van der Waals surface area contributed by atoms with E-state index in [-0.39, 0.29) is 18.0 Å². The number of carbonyl (C=O) groups is 1. The van der Waals surface area contributed by atoms with Crippen LogP contribution in [0.1, 0.15) is 30.6 Å². The van der Waals surface area contributed by atoms with Crippen LogP contribution in [-0.2, 0) is 9.84 Å². The van der Waals surface area contributed by atoms with E-state index in [0.29, 0.717) is 16.3 Å². The lowest BCUT2D eigenvalue weighted by atomic mass is 10.1. The maximum absolute atomic E-state index is 11.8. The first kappa shape index (κ1) is 15.0. The number of ketones is 1. The maximum atomic E-state index is 11.8. The van der Waals surface area contributed by atoms with E-state index >= 15 is 0 Å². The van der Waals surface area contributed by atoms with E-state index in [1.54, 1.807) is 19.9 Å². The number of halogens is 1. The quantitative estimate of drug-likeness (QED) is 0.666. The van der Waals surface area contributed by atoms with Crippen molar-refractivity contribution in [3.63, 3.8) is 0 Å². The van der Waals surface area contributed by atoms with Gasteiger partial charge in [-0.2, -0.15) is 0 Å². The van der Waals surface area contributed by atoms with E-state index < -0.39 is 15.1 Å². The van der Waals surface area contributed by atoms with Gasteiger partial charge in [-0.05, 0) is 32.0 Å². The van der Waals surface area contributed by atoms with Crippen LogP contribution in [0.25, 0.3) is 0 Å². The molecule has 0 unspecified atom stereocenters. The van der Waals surface area contributed by atoms with Gasteiger partial charge in [0.15, 0.2) is 15.6 Å². The molecule has 6 heteroatoms. The number of benzene rings is 1. The fourth-order valence-corrected chi connectivity index (χ4v) is 2.44. The fraction of sp³-hybridized carbons (Fsp3) is 0.417. The van der Waals surface area contributed by atoms with Gasteiger partial charge in [-0.1, -0.05) is 11.6 Å². The Balaban J connectivity index is 2.75. The molecule has 2 N–H and O–H groups in total. The van der Waals surface area contributed by atoms with Crippen LogP contribution in [0.5, 0.6) is 0 Å². The first-order valence-corrected chi connectivity index (χ1v) is 7.63. The highest BCUT2D eigenvalue weighted by Crippen LogP contribution is 2.20. The molecule has 0 radical (unpaired) electrons. The lowest BCUT2D eigenvalue weighted by molar-refractivity contribution is 0.0989. The van der Waals surface area contributed by atoms with Crippen molar-refractivity contribution in [3.8, 4) is 0 Å². The number of nitrogen functional groups attached to an aromatic ring is 1. The Morgan fingerprint density at radius 1 is 1.39 bits per heavy atom. The van der Waals surface area contributed by atoms with Crippen molar-refractivity contribution in [1.29, 1.82) is 0 Å². The van der Waals surface area contributed by atoms with Crippen molar-refractivity contribution in [2.45, 2.75) is 25.5 Å². The molecule has 0 amide bonds. The van der Waals surface area contributed by atoms with Crippen LogP contribution in [0.4, 0.5) is 5.69 Å². The molecule has 0 atom stereocenters. The van der Waals surface area contributed by atoms with Crippen LogP contribution >= 0.6 is 11.6 Å². The first-order valence-electron chi connectivity index (χ1n) is 5.54. The summed E-state index contributed by atoms with van der Waals surface area (Å²) in [7, 11) is -3.20. The molecular formula is C12H16ClNO3S. The Kier molecular flexibility index (Phi) is 4.76. The number of hydrogen-bond donors (Lipinski definition) is 1. The Bertz CT molecular complexity index is 552. The van der Waals surface area contributed by atoms with Gasteiger partial charge in [0.05, 0.1) is 21.7 Å². The Labute approximate surface area is 112 Å². The molecule has 0 saturated carbocycles. The molecular weight excluding hydrogens is 274 g/mol. The smallest absolute Gasteiger partial charge is 0.163 e. The molecule has 1 rings (SSSR count). The summed E-state index contributed by atoms with van der Waals surface area (Å²) in [5.41, 5.74) is 6.31. The van der Waals surface area contributed by atoms with Gasteiger partial charge in [-0.3, -0.25) is 4.79 Å². The average molecular weight is 290 g/mol. The summed E-state index contributed by atoms with van der Waals surface area (Å²) in [5, 5.41) is -0.173. The molecule has 0 aliphatic rings. The number of Topliss-reactive ketones (excluding diaryl/α,β-unsaturated/α-hetero) is 1. The highest BCUT2D eigenvalue weighted by atomic mass is 35.5. The zero-order chi connectivity index (χ0) is 13.9. The zero-order valence-electron chi connectivity index (χ0n) is 10.3. The van der Waals surface area contributed by atoms with Crippen LogP contribution in [0.2, 0.25) is 5.02 Å². The molecule has 100 valence electrons. The minimum Gasteiger partial charge on any atom is -0.398 e. The summed E-state index contributed by atoms with van der Waals surface area (Å²) < 4.78 is 23.2. The van der Waals surface area contributed by atoms with Gasteiger partial charge in [0.25, 0.3) is 0 Å². The topological polar surface area (TPSA) is 77.2 Å². The molecule has 1 aromatic rings. The van der Waals surface area contributed by atoms with Gasteiger partial charge < -0.3 is 5.73 Å². The molecule has 1 aromatic carbocycles. The fourth-order valence-electron chi connectivity index (χ4n) is 1.32. The monoisotopic (exact) mass is 289 g/mol. The van der Waals surface area contributed by atoms with Crippen molar-refractivity contribution in [3.05, 3.63) is 28.8 Å². The standard InChI is InChI=1S/C12H16ClNO3S/c1-8(2)18(16,17)6-5-12(15)9-3-4-11(14)10(13)7-9/h3-4,7-8H,5-6,14H2,1-2H3. The second kappa shape index (κ2) is 5.71. The van der Waals surface area contributed by atoms with Crippen LogP contribution in [0, 0.1) is 0 Å². The third kappa shape index (κ3) is 3.71. The van der Waals surface area contributed by atoms with E-state index in [0.717, 1.165) is 0 Å². The SMILES string of the molecule is CC(C)S(=O)(=O)CCC(=O)c1ccc(N)c(Cl)c1. The van der Waals surface area contributed by atoms with Crippen LogP contribution in [0.15, 0.2) is 18.2 Å². The summed E-state index contributed by atoms with van der Waals surface area (Å²) in [6.07, 6.45) is -0.0409. The number of carbonyl (C=O) groups excluding carboxylic acids is 1. The summed E-state index contributed by atoms with van der Waals surface area (Å²) in [5.74, 6) is -0.396. The molecule has 0 aliphatic carbocycles. The lowest BCUT2D eigenvalue weighted by Gasteiger charge is -2.07. The van der Waals surface area contributed by atoms with Crippen molar-refractivity contribution in [2.75, 3.05) is 11.5 Å². The first-order chi connectivity index (χ1) is 8.24. The number of hydrogen-bond acceptors (Lipinski definition) is 4. The molecule has 0 spiro atoms. The van der Waals surface area contributed by atoms with Gasteiger partial charge in [-0.15, -0.1) is 0 Å². The average Bonchev–Trinajstić information content (AvgIpc) is 2.29. The van der Waals surface area contributed by atoms with Crippen molar-refractivity contribution >= 4 is 32.9 Å². The molecule has 0 fully saturated rings. The Morgan fingerprint density at radius 3 is 2.50 bits per heavy atom. The summed E-state index contributed by atoms with van der Waals surface area (Å²) in [6.45, 7) is 3.19. The second-order valence-electron chi connectivity index (χ2n) is 4.33. The molecule has 0 aliphatic heterocycles. The number of anilines is 1. The van der Waals surface area contributed by atoms with Gasteiger partial charge >= 0.3 is 0 Å². The normalized spacial score (nSPS) is 11.8. The minimum atomic E-state index is -3.20. The van der Waals surface area contributed by atoms with Crippen LogP contribution in [-0.4, -0.2) is 25.2 Å². The van der Waals surface area contributed by atoms with Crippen molar-refractivity contribution in [2.24, 2.45) is 0 Å². The van der Waals surface area contributed by atoms with E-state index in [2.05, 4.69) is 0 Å². The lowest BCUT2D eigenvalue weighted by Crippen LogP contribution is -2.19. The Hall–Kier alpha value is -1.07. The zero-order valence-corrected chi connectivity index (χ0v) is 11.9.